The predicted octanol–water partition coefficient (Wildman–Crippen LogP) is 5.01. The van der Waals surface area contributed by atoms with Crippen molar-refractivity contribution in [1.29, 1.82) is 0 Å². The average molecular weight is 549 g/mol. The number of halogens is 2. The van der Waals surface area contributed by atoms with E-state index in [4.69, 9.17) is 16.1 Å². The van der Waals surface area contributed by atoms with Gasteiger partial charge in [0, 0.05) is 30.6 Å². The van der Waals surface area contributed by atoms with Crippen LogP contribution in [0.4, 0.5) is 15.8 Å². The maximum Gasteiger partial charge on any atom is 0.227 e. The summed E-state index contributed by atoms with van der Waals surface area (Å²) in [5.74, 6) is -0.555. The molecule has 3 aromatic rings. The van der Waals surface area contributed by atoms with E-state index in [1.54, 1.807) is 13.0 Å². The fraction of sp³-hybridized carbons (Fsp3) is 0.385. The molecule has 1 aliphatic rings. The smallest absolute Gasteiger partial charge is 0.227 e. The highest BCUT2D eigenvalue weighted by Crippen LogP contribution is 2.34. The Balaban J connectivity index is 1.58. The summed E-state index contributed by atoms with van der Waals surface area (Å²) >= 11 is 5.78. The van der Waals surface area contributed by atoms with E-state index >= 15 is 0 Å². The number of nitrogens with zero attached hydrogens (tertiary/aromatic N) is 2. The van der Waals surface area contributed by atoms with E-state index in [-0.39, 0.29) is 17.0 Å². The highest BCUT2D eigenvalue weighted by molar-refractivity contribution is 7.88. The summed E-state index contributed by atoms with van der Waals surface area (Å²) in [6, 6.07) is 10.0. The Hall–Kier alpha value is -2.95. The molecule has 0 unspecified atom stereocenters. The largest absolute Gasteiger partial charge is 0.379 e. The number of anilines is 2. The molecular formula is C26H30ClFN4O4S. The normalized spacial score (nSPS) is 17.1. The number of carbonyl (C=O) groups is 1. The summed E-state index contributed by atoms with van der Waals surface area (Å²) in [6.07, 6.45) is 2.18. The standard InChI is InChI=1S/C26H30ClFN4O4S/c1-15(11-18-5-7-21(27)22(28)12-18)26(33)30-24-13-19(25-16(2)31-36-17(25)3)6-8-23(24)29-20-9-10-32(14-20)37(4,34)35/h5-8,12-13,15,20,29H,9-11,14H2,1-4H3,(H,30,33)/t15-,20-/m1/s1. The summed E-state index contributed by atoms with van der Waals surface area (Å²) in [5.41, 5.74) is 4.29. The number of aryl methyl sites for hydroxylation is 2. The van der Waals surface area contributed by atoms with Gasteiger partial charge in [-0.15, -0.1) is 0 Å². The molecule has 0 saturated carbocycles. The predicted molar refractivity (Wildman–Crippen MR) is 143 cm³/mol. The van der Waals surface area contributed by atoms with Gasteiger partial charge in [-0.2, -0.15) is 0 Å². The van der Waals surface area contributed by atoms with Crippen molar-refractivity contribution in [2.75, 3.05) is 30.0 Å². The molecule has 8 nitrogen and oxygen atoms in total. The van der Waals surface area contributed by atoms with Gasteiger partial charge in [0.25, 0.3) is 0 Å². The summed E-state index contributed by atoms with van der Waals surface area (Å²) in [5, 5.41) is 10.5. The zero-order chi connectivity index (χ0) is 26.9. The molecule has 11 heteroatoms. The molecule has 2 N–H and O–H groups in total. The van der Waals surface area contributed by atoms with Crippen LogP contribution in [-0.2, 0) is 21.2 Å². The quantitative estimate of drug-likeness (QED) is 0.410. The molecule has 0 bridgehead atoms. The number of amides is 1. The Bertz CT molecular complexity index is 1410. The molecular weight excluding hydrogens is 519 g/mol. The van der Waals surface area contributed by atoms with E-state index in [2.05, 4.69) is 15.8 Å². The molecule has 1 amide bonds. The minimum atomic E-state index is -3.28. The lowest BCUT2D eigenvalue weighted by atomic mass is 9.99. The molecule has 2 heterocycles. The van der Waals surface area contributed by atoms with E-state index in [1.807, 2.05) is 32.0 Å². The van der Waals surface area contributed by atoms with Crippen LogP contribution in [0.3, 0.4) is 0 Å². The SMILES string of the molecule is Cc1noc(C)c1-c1ccc(N[C@@H]2CCN(S(C)(=O)=O)C2)c(NC(=O)[C@H](C)Cc2ccc(Cl)c(F)c2)c1. The number of rotatable bonds is 8. The number of benzene rings is 2. The highest BCUT2D eigenvalue weighted by atomic mass is 35.5. The maximum absolute atomic E-state index is 13.9. The molecule has 37 heavy (non-hydrogen) atoms. The van der Waals surface area contributed by atoms with Crippen LogP contribution in [0.25, 0.3) is 11.1 Å². The van der Waals surface area contributed by atoms with E-state index in [1.165, 1.54) is 22.7 Å². The van der Waals surface area contributed by atoms with Crippen LogP contribution in [0.1, 0.15) is 30.4 Å². The number of hydrogen-bond acceptors (Lipinski definition) is 6. The molecule has 4 rings (SSSR count). The topological polar surface area (TPSA) is 105 Å². The summed E-state index contributed by atoms with van der Waals surface area (Å²) < 4.78 is 44.5. The van der Waals surface area contributed by atoms with Crippen molar-refractivity contribution in [3.05, 3.63) is 64.3 Å². The number of aromatic nitrogens is 1. The van der Waals surface area contributed by atoms with Crippen LogP contribution in [-0.4, -0.2) is 49.2 Å². The van der Waals surface area contributed by atoms with Crippen LogP contribution in [0.2, 0.25) is 5.02 Å². The zero-order valence-corrected chi connectivity index (χ0v) is 22.7. The van der Waals surface area contributed by atoms with Gasteiger partial charge in [0.2, 0.25) is 15.9 Å². The van der Waals surface area contributed by atoms with Crippen molar-refractivity contribution in [1.82, 2.24) is 9.46 Å². The maximum atomic E-state index is 13.9. The average Bonchev–Trinajstić information content (AvgIpc) is 3.43. The third kappa shape index (κ3) is 6.31. The third-order valence-corrected chi connectivity index (χ3v) is 8.13. The lowest BCUT2D eigenvalue weighted by molar-refractivity contribution is -0.119. The molecule has 0 aliphatic carbocycles. The van der Waals surface area contributed by atoms with Gasteiger partial charge in [0.05, 0.1) is 28.3 Å². The van der Waals surface area contributed by atoms with E-state index in [0.29, 0.717) is 48.6 Å². The minimum absolute atomic E-state index is 0.0362. The molecule has 0 radical (unpaired) electrons. The monoisotopic (exact) mass is 548 g/mol. The van der Waals surface area contributed by atoms with Gasteiger partial charge < -0.3 is 15.2 Å². The Morgan fingerprint density at radius 1 is 1.24 bits per heavy atom. The second kappa shape index (κ2) is 10.8. The van der Waals surface area contributed by atoms with Gasteiger partial charge in [-0.25, -0.2) is 17.1 Å². The lowest BCUT2D eigenvalue weighted by Gasteiger charge is -2.20. The highest BCUT2D eigenvalue weighted by Gasteiger charge is 2.29. The fourth-order valence-corrected chi connectivity index (χ4v) is 5.57. The van der Waals surface area contributed by atoms with Crippen molar-refractivity contribution < 1.29 is 22.1 Å². The molecule has 2 aromatic carbocycles. The first kappa shape index (κ1) is 27.1. The van der Waals surface area contributed by atoms with Gasteiger partial charge in [-0.1, -0.05) is 35.8 Å². The number of sulfonamides is 1. The van der Waals surface area contributed by atoms with E-state index in [9.17, 15) is 17.6 Å². The van der Waals surface area contributed by atoms with Crippen LogP contribution < -0.4 is 10.6 Å². The molecule has 2 atom stereocenters. The Labute approximate surface area is 221 Å². The van der Waals surface area contributed by atoms with E-state index < -0.39 is 21.8 Å². The summed E-state index contributed by atoms with van der Waals surface area (Å²) in [7, 11) is -3.28. The van der Waals surface area contributed by atoms with Gasteiger partial charge in [-0.05, 0) is 62.1 Å². The van der Waals surface area contributed by atoms with Gasteiger partial charge in [-0.3, -0.25) is 4.79 Å². The van der Waals surface area contributed by atoms with Gasteiger partial charge >= 0.3 is 0 Å². The Morgan fingerprint density at radius 3 is 2.62 bits per heavy atom. The Morgan fingerprint density at radius 2 is 2.00 bits per heavy atom. The second-order valence-electron chi connectivity index (χ2n) is 9.55. The Kier molecular flexibility index (Phi) is 7.91. The third-order valence-electron chi connectivity index (χ3n) is 6.55. The molecule has 1 aromatic heterocycles. The van der Waals surface area contributed by atoms with Crippen molar-refractivity contribution in [2.45, 2.75) is 39.7 Å². The summed E-state index contributed by atoms with van der Waals surface area (Å²) in [4.78, 5) is 13.2. The van der Waals surface area contributed by atoms with Crippen LogP contribution in [0, 0.1) is 25.6 Å². The van der Waals surface area contributed by atoms with E-state index in [0.717, 1.165) is 16.8 Å². The first-order valence-electron chi connectivity index (χ1n) is 12.0. The number of carbonyl (C=O) groups excluding carboxylic acids is 1. The number of nitrogens with one attached hydrogen (secondary N) is 2. The van der Waals surface area contributed by atoms with Crippen LogP contribution in [0.5, 0.6) is 0 Å². The van der Waals surface area contributed by atoms with Crippen molar-refractivity contribution in [3.8, 4) is 11.1 Å². The molecule has 1 fully saturated rings. The molecule has 1 aliphatic heterocycles. The lowest BCUT2D eigenvalue weighted by Crippen LogP contribution is -2.31. The first-order valence-corrected chi connectivity index (χ1v) is 14.2. The number of hydrogen-bond donors (Lipinski definition) is 2. The van der Waals surface area contributed by atoms with Gasteiger partial charge in [0.1, 0.15) is 11.6 Å². The molecule has 0 spiro atoms. The van der Waals surface area contributed by atoms with Crippen molar-refractivity contribution in [2.24, 2.45) is 5.92 Å². The fourth-order valence-electron chi connectivity index (χ4n) is 4.56. The summed E-state index contributed by atoms with van der Waals surface area (Å²) in [6.45, 7) is 6.22. The van der Waals surface area contributed by atoms with Crippen molar-refractivity contribution in [3.63, 3.8) is 0 Å². The molecule has 1 saturated heterocycles. The van der Waals surface area contributed by atoms with Gasteiger partial charge in [0.15, 0.2) is 0 Å². The zero-order valence-electron chi connectivity index (χ0n) is 21.1. The van der Waals surface area contributed by atoms with Crippen LogP contribution >= 0.6 is 11.6 Å². The second-order valence-corrected chi connectivity index (χ2v) is 11.9. The minimum Gasteiger partial charge on any atom is -0.379 e. The molecule has 198 valence electrons. The van der Waals surface area contributed by atoms with Crippen molar-refractivity contribution >= 4 is 38.9 Å². The first-order chi connectivity index (χ1) is 17.4. The van der Waals surface area contributed by atoms with Crippen LogP contribution in [0.15, 0.2) is 40.9 Å².